The smallest absolute Gasteiger partial charge is 0.0110 e. The van der Waals surface area contributed by atoms with Gasteiger partial charge in [0.1, 0.15) is 0 Å². The zero-order chi connectivity index (χ0) is 7.96. The van der Waals surface area contributed by atoms with Gasteiger partial charge in [0.25, 0.3) is 0 Å². The molecule has 7 fully saturated rings. The Kier molecular flexibility index (Phi) is 0.340. The summed E-state index contributed by atoms with van der Waals surface area (Å²) < 4.78 is 0. The number of rotatable bonds is 0. The maximum absolute atomic E-state index is 6.28. The maximum Gasteiger partial charge on any atom is 0.0110 e. The Hall–Kier alpha value is -0.0400. The van der Waals surface area contributed by atoms with Crippen LogP contribution in [0.2, 0.25) is 0 Å². The van der Waals surface area contributed by atoms with E-state index >= 15 is 0 Å². The largest absolute Gasteiger partial charge is 0.327 e. The van der Waals surface area contributed by atoms with E-state index in [0.29, 0.717) is 6.04 Å². The Morgan fingerprint density at radius 3 is 2.54 bits per heavy atom. The number of hydrogen-bond acceptors (Lipinski definition) is 1. The maximum atomic E-state index is 6.28. The van der Waals surface area contributed by atoms with E-state index in [1.54, 1.807) is 6.42 Å². The van der Waals surface area contributed by atoms with Gasteiger partial charge in [-0.05, 0) is 64.6 Å². The van der Waals surface area contributed by atoms with Gasteiger partial charge in [0, 0.05) is 6.04 Å². The minimum absolute atomic E-state index is 0.656. The molecule has 9 unspecified atom stereocenters. The van der Waals surface area contributed by atoms with Gasteiger partial charge in [-0.1, -0.05) is 0 Å². The second-order valence-corrected chi connectivity index (χ2v) is 7.16. The Morgan fingerprint density at radius 1 is 0.923 bits per heavy atom. The fraction of sp³-hybridized carbons (Fsp3) is 1.00. The predicted molar refractivity (Wildman–Crippen MR) is 45.4 cm³/mol. The first-order valence-electron chi connectivity index (χ1n) is 6.11. The first kappa shape index (κ1) is 5.16. The van der Waals surface area contributed by atoms with Crippen LogP contribution < -0.4 is 5.73 Å². The number of hydrogen-bond donors (Lipinski definition) is 1. The van der Waals surface area contributed by atoms with Crippen molar-refractivity contribution in [1.82, 2.24) is 0 Å². The topological polar surface area (TPSA) is 26.0 Å². The normalized spacial score (nSPS) is 106. The molecule has 0 aliphatic heterocycles. The molecule has 0 heterocycles. The molecule has 7 saturated carbocycles. The Morgan fingerprint density at radius 2 is 1.69 bits per heavy atom. The molecule has 13 heavy (non-hydrogen) atoms. The molecule has 1 heteroatoms. The summed E-state index contributed by atoms with van der Waals surface area (Å²) in [5.74, 6) is 7.31. The average Bonchev–Trinajstić information content (AvgIpc) is 2.81. The lowest BCUT2D eigenvalue weighted by Crippen LogP contribution is -2.78. The zero-order valence-corrected chi connectivity index (χ0v) is 7.53. The van der Waals surface area contributed by atoms with Crippen molar-refractivity contribution in [3.63, 3.8) is 0 Å². The van der Waals surface area contributed by atoms with Crippen molar-refractivity contribution in [2.24, 2.45) is 57.5 Å². The summed E-state index contributed by atoms with van der Waals surface area (Å²) in [7, 11) is 0. The van der Waals surface area contributed by atoms with Crippen molar-refractivity contribution in [1.29, 1.82) is 0 Å². The Balaban J connectivity index is 1.63. The molecule has 7 aliphatic rings. The summed E-state index contributed by atoms with van der Waals surface area (Å²) >= 11 is 0. The van der Waals surface area contributed by atoms with Crippen molar-refractivity contribution in [2.45, 2.75) is 18.9 Å². The van der Waals surface area contributed by atoms with Crippen LogP contribution in [0, 0.1) is 51.8 Å². The first-order chi connectivity index (χ1) is 6.35. The molecule has 7 aliphatic carbocycles. The summed E-state index contributed by atoms with van der Waals surface area (Å²) in [6, 6.07) is 0.656. The van der Waals surface area contributed by atoms with E-state index in [2.05, 4.69) is 0 Å². The molecule has 66 valence electrons. The van der Waals surface area contributed by atoms with Crippen LogP contribution in [0.5, 0.6) is 0 Å². The molecule has 3 spiro atoms. The van der Waals surface area contributed by atoms with Gasteiger partial charge in [-0.3, -0.25) is 0 Å². The van der Waals surface area contributed by atoms with Crippen LogP contribution in [0.1, 0.15) is 12.8 Å². The van der Waals surface area contributed by atoms with Crippen LogP contribution in [0.3, 0.4) is 0 Å². The van der Waals surface area contributed by atoms with Crippen LogP contribution >= 0.6 is 0 Å². The van der Waals surface area contributed by atoms with Gasteiger partial charge in [0.05, 0.1) is 0 Å². The van der Waals surface area contributed by atoms with E-state index in [1.165, 1.54) is 36.0 Å². The van der Waals surface area contributed by atoms with Crippen LogP contribution in [0.4, 0.5) is 0 Å². The van der Waals surface area contributed by atoms with Gasteiger partial charge in [-0.25, -0.2) is 0 Å². The molecule has 0 radical (unpaired) electrons. The first-order valence-corrected chi connectivity index (χ1v) is 6.11. The molecule has 0 saturated heterocycles. The monoisotopic (exact) mass is 171 g/mol. The summed E-state index contributed by atoms with van der Waals surface area (Å²) in [5.41, 5.74) is 9.06. The average molecular weight is 171 g/mol. The van der Waals surface area contributed by atoms with E-state index in [9.17, 15) is 0 Å². The van der Waals surface area contributed by atoms with Crippen molar-refractivity contribution in [2.75, 3.05) is 0 Å². The van der Waals surface area contributed by atoms with Gasteiger partial charge in [0.15, 0.2) is 0 Å². The SMILES string of the molecule is N[C@H]1CC2C3C4CC5C6C7C21C37C546. The van der Waals surface area contributed by atoms with Crippen LogP contribution in [0.15, 0.2) is 0 Å². The second kappa shape index (κ2) is 0.856. The lowest BCUT2D eigenvalue weighted by molar-refractivity contribution is -0.317. The lowest BCUT2D eigenvalue weighted by Gasteiger charge is -2.79. The molecular formula is C12H13N. The van der Waals surface area contributed by atoms with E-state index in [-0.39, 0.29) is 0 Å². The van der Waals surface area contributed by atoms with Crippen molar-refractivity contribution in [3.05, 3.63) is 0 Å². The third-order valence-electron chi connectivity index (χ3n) is 8.45. The minimum atomic E-state index is 0.656. The minimum Gasteiger partial charge on any atom is -0.327 e. The molecule has 7 rings (SSSR count). The third-order valence-corrected chi connectivity index (χ3v) is 8.45. The van der Waals surface area contributed by atoms with E-state index in [1.807, 2.05) is 0 Å². The molecule has 0 aromatic heterocycles. The molecule has 0 amide bonds. The standard InChI is InChI=1S/C12H13N/c13-6-2-5-7-3-1-4-8-9-11(5,6)12(7,9)10(3,4)8/h3-9H,1-2,13H2/t3?,4?,5?,6-,7?,8?,9?,10?,11?,12?/m0/s1. The third kappa shape index (κ3) is 0.161. The van der Waals surface area contributed by atoms with E-state index in [4.69, 9.17) is 5.73 Å². The highest BCUT2D eigenvalue weighted by molar-refractivity contribution is 5.68. The fourth-order valence-corrected chi connectivity index (χ4v) is 9.03. The molecule has 0 aromatic carbocycles. The van der Waals surface area contributed by atoms with Crippen LogP contribution in [-0.4, -0.2) is 6.04 Å². The highest BCUT2D eigenvalue weighted by Gasteiger charge is 3.22. The van der Waals surface area contributed by atoms with Gasteiger partial charge in [-0.2, -0.15) is 0 Å². The van der Waals surface area contributed by atoms with E-state index in [0.717, 1.165) is 22.2 Å². The van der Waals surface area contributed by atoms with Gasteiger partial charge >= 0.3 is 0 Å². The van der Waals surface area contributed by atoms with Gasteiger partial charge in [0.2, 0.25) is 0 Å². The zero-order valence-electron chi connectivity index (χ0n) is 7.53. The molecule has 0 aromatic rings. The number of nitrogens with two attached hydrogens (primary N) is 1. The van der Waals surface area contributed by atoms with E-state index < -0.39 is 0 Å². The highest BCUT2D eigenvalue weighted by atomic mass is 15.3. The molecule has 1 nitrogen and oxygen atoms in total. The Bertz CT molecular complexity index is 444. The fourth-order valence-electron chi connectivity index (χ4n) is 9.03. The summed E-state index contributed by atoms with van der Waals surface area (Å²) in [4.78, 5) is 0. The van der Waals surface area contributed by atoms with Crippen LogP contribution in [0.25, 0.3) is 0 Å². The van der Waals surface area contributed by atoms with Crippen molar-refractivity contribution >= 4 is 0 Å². The summed E-state index contributed by atoms with van der Waals surface area (Å²) in [6.07, 6.45) is 3.06. The Labute approximate surface area is 77.1 Å². The second-order valence-electron chi connectivity index (χ2n) is 7.16. The summed E-state index contributed by atoms with van der Waals surface area (Å²) in [6.45, 7) is 0. The highest BCUT2D eigenvalue weighted by Crippen LogP contribution is 3.24. The van der Waals surface area contributed by atoms with Gasteiger partial charge in [-0.15, -0.1) is 0 Å². The molecular weight excluding hydrogens is 158 g/mol. The molecule has 2 N–H and O–H groups in total. The lowest BCUT2D eigenvalue weighted by atomic mass is 9.25. The van der Waals surface area contributed by atoms with Crippen molar-refractivity contribution in [3.8, 4) is 0 Å². The quantitative estimate of drug-likeness (QED) is 0.574. The molecule has 0 bridgehead atoms. The number of fused-ring (bicyclic) bond motifs is 4. The molecule has 10 atom stereocenters. The van der Waals surface area contributed by atoms with Crippen LogP contribution in [-0.2, 0) is 0 Å². The van der Waals surface area contributed by atoms with Gasteiger partial charge < -0.3 is 5.73 Å². The summed E-state index contributed by atoms with van der Waals surface area (Å²) in [5, 5.41) is 0. The predicted octanol–water partition coefficient (Wildman–Crippen LogP) is 0.845. The van der Waals surface area contributed by atoms with Crippen molar-refractivity contribution < 1.29 is 0 Å².